The molecule has 184 valence electrons. The van der Waals surface area contributed by atoms with Crippen LogP contribution < -0.4 is 10.6 Å². The summed E-state index contributed by atoms with van der Waals surface area (Å²) in [5.74, 6) is -0.932. The second-order valence-electron chi connectivity index (χ2n) is 9.18. The van der Waals surface area contributed by atoms with Crippen LogP contribution in [0.15, 0.2) is 42.5 Å². The molecule has 3 amide bonds. The molecule has 2 rings (SSSR count). The smallest absolute Gasteiger partial charge is 0.408 e. The third kappa shape index (κ3) is 7.31. The summed E-state index contributed by atoms with van der Waals surface area (Å²) in [6.07, 6.45) is -0.738. The SMILES string of the molecule is Cc1ccccc1NC(=O)C(c1c(C)cccc1C)N(CCO)C(=O)CNC(=O)OC(C)(C)C. The first-order valence-electron chi connectivity index (χ1n) is 11.2. The lowest BCUT2D eigenvalue weighted by molar-refractivity contribution is -0.138. The standard InChI is InChI=1S/C26H35N3O5/c1-17-10-7-8-13-20(17)28-24(32)23(22-18(2)11-9-12-19(22)3)29(14-15-30)21(31)16-27-25(33)34-26(4,5)6/h7-13,23,30H,14-16H2,1-6H3,(H,27,33)(H,28,32). The van der Waals surface area contributed by atoms with Crippen molar-refractivity contribution in [1.82, 2.24) is 10.2 Å². The number of para-hydroxylation sites is 1. The van der Waals surface area contributed by atoms with E-state index < -0.39 is 29.6 Å². The minimum atomic E-state index is -1.01. The summed E-state index contributed by atoms with van der Waals surface area (Å²) in [5, 5.41) is 15.1. The summed E-state index contributed by atoms with van der Waals surface area (Å²) in [5.41, 5.74) is 3.13. The molecule has 0 bridgehead atoms. The number of nitrogens with one attached hydrogen (secondary N) is 2. The van der Waals surface area contributed by atoms with Crippen molar-refractivity contribution in [2.75, 3.05) is 25.0 Å². The zero-order valence-corrected chi connectivity index (χ0v) is 20.8. The van der Waals surface area contributed by atoms with Gasteiger partial charge in [-0.15, -0.1) is 0 Å². The van der Waals surface area contributed by atoms with Gasteiger partial charge >= 0.3 is 6.09 Å². The van der Waals surface area contributed by atoms with Gasteiger partial charge in [-0.05, 0) is 69.9 Å². The number of aryl methyl sites for hydroxylation is 3. The fraction of sp³-hybridized carbons (Fsp3) is 0.423. The van der Waals surface area contributed by atoms with E-state index in [-0.39, 0.29) is 19.7 Å². The maximum atomic E-state index is 13.6. The minimum absolute atomic E-state index is 0.0888. The molecule has 0 aromatic heterocycles. The van der Waals surface area contributed by atoms with Crippen LogP contribution in [0.4, 0.5) is 10.5 Å². The van der Waals surface area contributed by atoms with E-state index in [1.165, 1.54) is 4.90 Å². The molecule has 0 radical (unpaired) electrons. The van der Waals surface area contributed by atoms with Gasteiger partial charge in [0.25, 0.3) is 5.91 Å². The first kappa shape index (κ1) is 26.9. The number of benzene rings is 2. The van der Waals surface area contributed by atoms with E-state index in [0.717, 1.165) is 16.7 Å². The fourth-order valence-electron chi connectivity index (χ4n) is 3.67. The Labute approximate surface area is 201 Å². The zero-order chi connectivity index (χ0) is 25.5. The zero-order valence-electron chi connectivity index (χ0n) is 20.8. The van der Waals surface area contributed by atoms with Crippen molar-refractivity contribution in [1.29, 1.82) is 0 Å². The molecule has 1 atom stereocenters. The lowest BCUT2D eigenvalue weighted by atomic mass is 9.94. The number of amides is 3. The molecular formula is C26H35N3O5. The summed E-state index contributed by atoms with van der Waals surface area (Å²) < 4.78 is 5.20. The van der Waals surface area contributed by atoms with Gasteiger partial charge in [0, 0.05) is 12.2 Å². The van der Waals surface area contributed by atoms with Gasteiger partial charge in [0.15, 0.2) is 0 Å². The molecule has 1 unspecified atom stereocenters. The number of nitrogens with zero attached hydrogens (tertiary/aromatic N) is 1. The number of carbonyl (C=O) groups excluding carboxylic acids is 3. The third-order valence-electron chi connectivity index (χ3n) is 5.22. The summed E-state index contributed by atoms with van der Waals surface area (Å²) in [6, 6.07) is 12.0. The fourth-order valence-corrected chi connectivity index (χ4v) is 3.67. The van der Waals surface area contributed by atoms with Crippen molar-refractivity contribution in [3.8, 4) is 0 Å². The van der Waals surface area contributed by atoms with E-state index in [4.69, 9.17) is 4.74 Å². The number of anilines is 1. The van der Waals surface area contributed by atoms with Crippen LogP contribution in [0.3, 0.4) is 0 Å². The van der Waals surface area contributed by atoms with Gasteiger partial charge in [0.1, 0.15) is 18.2 Å². The normalized spacial score (nSPS) is 12.0. The van der Waals surface area contributed by atoms with Crippen LogP contribution in [-0.4, -0.2) is 53.2 Å². The number of carbonyl (C=O) groups is 3. The summed E-state index contributed by atoms with van der Waals surface area (Å²) >= 11 is 0. The Morgan fingerprint density at radius 3 is 2.12 bits per heavy atom. The molecule has 2 aromatic carbocycles. The van der Waals surface area contributed by atoms with Crippen LogP contribution in [0.2, 0.25) is 0 Å². The number of hydrogen-bond acceptors (Lipinski definition) is 5. The second-order valence-corrected chi connectivity index (χ2v) is 9.18. The molecule has 34 heavy (non-hydrogen) atoms. The number of rotatable bonds is 8. The molecule has 0 saturated carbocycles. The number of ether oxygens (including phenoxy) is 1. The van der Waals surface area contributed by atoms with E-state index in [0.29, 0.717) is 11.3 Å². The van der Waals surface area contributed by atoms with Crippen molar-refractivity contribution in [3.05, 3.63) is 64.7 Å². The van der Waals surface area contributed by atoms with Crippen LogP contribution in [0.1, 0.15) is 49.1 Å². The molecule has 3 N–H and O–H groups in total. The topological polar surface area (TPSA) is 108 Å². The Balaban J connectivity index is 2.41. The highest BCUT2D eigenvalue weighted by molar-refractivity contribution is 5.99. The van der Waals surface area contributed by atoms with Gasteiger partial charge in [-0.1, -0.05) is 36.4 Å². The predicted octanol–water partition coefficient (Wildman–Crippen LogP) is 3.64. The average Bonchev–Trinajstić information content (AvgIpc) is 2.74. The highest BCUT2D eigenvalue weighted by atomic mass is 16.6. The first-order valence-corrected chi connectivity index (χ1v) is 11.2. The Morgan fingerprint density at radius 1 is 0.971 bits per heavy atom. The lowest BCUT2D eigenvalue weighted by Crippen LogP contribution is -2.48. The van der Waals surface area contributed by atoms with Crippen LogP contribution in [0.25, 0.3) is 0 Å². The number of hydrogen-bond donors (Lipinski definition) is 3. The van der Waals surface area contributed by atoms with Gasteiger partial charge in [0.2, 0.25) is 5.91 Å². The Morgan fingerprint density at radius 2 is 1.56 bits per heavy atom. The van der Waals surface area contributed by atoms with Crippen LogP contribution >= 0.6 is 0 Å². The molecule has 8 nitrogen and oxygen atoms in total. The third-order valence-corrected chi connectivity index (χ3v) is 5.22. The predicted molar refractivity (Wildman–Crippen MR) is 132 cm³/mol. The largest absolute Gasteiger partial charge is 0.444 e. The van der Waals surface area contributed by atoms with Crippen LogP contribution in [0.5, 0.6) is 0 Å². The molecule has 0 spiro atoms. The van der Waals surface area contributed by atoms with Crippen molar-refractivity contribution in [3.63, 3.8) is 0 Å². The Kier molecular flexibility index (Phi) is 9.20. The molecular weight excluding hydrogens is 434 g/mol. The minimum Gasteiger partial charge on any atom is -0.444 e. The van der Waals surface area contributed by atoms with Crippen LogP contribution in [0, 0.1) is 20.8 Å². The van der Waals surface area contributed by atoms with E-state index >= 15 is 0 Å². The number of aliphatic hydroxyl groups is 1. The van der Waals surface area contributed by atoms with Crippen molar-refractivity contribution < 1.29 is 24.2 Å². The maximum absolute atomic E-state index is 13.6. The van der Waals surface area contributed by atoms with E-state index in [9.17, 15) is 19.5 Å². The van der Waals surface area contributed by atoms with E-state index in [2.05, 4.69) is 10.6 Å². The summed E-state index contributed by atoms with van der Waals surface area (Å²) in [6.45, 7) is 9.97. The molecule has 0 aliphatic carbocycles. The van der Waals surface area contributed by atoms with Gasteiger partial charge < -0.3 is 25.4 Å². The second kappa shape index (κ2) is 11.7. The average molecular weight is 470 g/mol. The molecule has 0 saturated heterocycles. The highest BCUT2D eigenvalue weighted by Crippen LogP contribution is 2.29. The Bertz CT molecular complexity index is 1010. The molecule has 0 aliphatic rings. The lowest BCUT2D eigenvalue weighted by Gasteiger charge is -2.33. The van der Waals surface area contributed by atoms with Crippen molar-refractivity contribution in [2.45, 2.75) is 53.2 Å². The van der Waals surface area contributed by atoms with Gasteiger partial charge in [-0.2, -0.15) is 0 Å². The van der Waals surface area contributed by atoms with Gasteiger partial charge in [-0.3, -0.25) is 9.59 Å². The van der Waals surface area contributed by atoms with Gasteiger partial charge in [-0.25, -0.2) is 4.79 Å². The molecule has 0 aliphatic heterocycles. The summed E-state index contributed by atoms with van der Waals surface area (Å²) in [7, 11) is 0. The van der Waals surface area contributed by atoms with E-state index in [1.54, 1.807) is 26.8 Å². The van der Waals surface area contributed by atoms with Gasteiger partial charge in [0.05, 0.1) is 6.61 Å². The number of alkyl carbamates (subject to hydrolysis) is 1. The van der Waals surface area contributed by atoms with E-state index in [1.807, 2.05) is 57.2 Å². The Hall–Kier alpha value is -3.39. The first-order chi connectivity index (χ1) is 15.9. The summed E-state index contributed by atoms with van der Waals surface area (Å²) in [4.78, 5) is 40.2. The molecule has 2 aromatic rings. The quantitative estimate of drug-likeness (QED) is 0.547. The molecule has 8 heteroatoms. The molecule has 0 heterocycles. The monoisotopic (exact) mass is 469 g/mol. The van der Waals surface area contributed by atoms with Crippen LogP contribution in [-0.2, 0) is 14.3 Å². The van der Waals surface area contributed by atoms with Crippen molar-refractivity contribution >= 4 is 23.6 Å². The maximum Gasteiger partial charge on any atom is 0.408 e. The molecule has 0 fully saturated rings. The van der Waals surface area contributed by atoms with Crippen molar-refractivity contribution in [2.24, 2.45) is 0 Å². The highest BCUT2D eigenvalue weighted by Gasteiger charge is 2.33. The number of aliphatic hydroxyl groups excluding tert-OH is 1.